The number of hydrogen-bond donors (Lipinski definition) is 1. The summed E-state index contributed by atoms with van der Waals surface area (Å²) < 4.78 is 37.5. The molecular weight excluding hydrogens is 207 g/mol. The molecule has 0 bridgehead atoms. The summed E-state index contributed by atoms with van der Waals surface area (Å²) in [6.45, 7) is 0.127. The highest BCUT2D eigenvalue weighted by atomic mass is 19.4. The van der Waals surface area contributed by atoms with Crippen LogP contribution in [0.5, 0.6) is 0 Å². The molecule has 1 N–H and O–H groups in total. The molecular formula is C9H10F3N3. The molecule has 82 valence electrons. The summed E-state index contributed by atoms with van der Waals surface area (Å²) >= 11 is 0. The van der Waals surface area contributed by atoms with Crippen molar-refractivity contribution in [1.82, 2.24) is 15.3 Å². The number of hydrogen-bond acceptors (Lipinski definition) is 3. The van der Waals surface area contributed by atoms with Gasteiger partial charge in [-0.15, -0.1) is 0 Å². The van der Waals surface area contributed by atoms with Crippen LogP contribution in [0.2, 0.25) is 0 Å². The first-order valence-corrected chi connectivity index (χ1v) is 4.60. The number of nitrogens with one attached hydrogen (secondary N) is 1. The quantitative estimate of drug-likeness (QED) is 0.836. The predicted octanol–water partition coefficient (Wildman–Crippen LogP) is 1.66. The maximum Gasteiger partial charge on any atom is 0.406 e. The highest BCUT2D eigenvalue weighted by Crippen LogP contribution is 2.48. The third-order valence-corrected chi connectivity index (χ3v) is 2.54. The fraction of sp³-hybridized carbons (Fsp3) is 0.556. The van der Waals surface area contributed by atoms with E-state index in [0.29, 0.717) is 5.69 Å². The van der Waals surface area contributed by atoms with E-state index in [-0.39, 0.29) is 19.4 Å². The van der Waals surface area contributed by atoms with Gasteiger partial charge in [0.2, 0.25) is 0 Å². The van der Waals surface area contributed by atoms with E-state index in [4.69, 9.17) is 0 Å². The van der Waals surface area contributed by atoms with Crippen LogP contribution in [0.4, 0.5) is 13.2 Å². The number of halogens is 3. The SMILES string of the molecule is FC(F)(F)C1(NCc2ccncn2)CC1. The number of nitrogens with zero attached hydrogens (tertiary/aromatic N) is 2. The Kier molecular flexibility index (Phi) is 2.38. The van der Waals surface area contributed by atoms with Crippen molar-refractivity contribution in [3.05, 3.63) is 24.3 Å². The van der Waals surface area contributed by atoms with Crippen molar-refractivity contribution in [3.63, 3.8) is 0 Å². The number of rotatable bonds is 3. The van der Waals surface area contributed by atoms with Crippen molar-refractivity contribution in [3.8, 4) is 0 Å². The minimum atomic E-state index is -4.17. The zero-order chi connectivity index (χ0) is 10.9. The summed E-state index contributed by atoms with van der Waals surface area (Å²) in [5, 5.41) is 2.51. The van der Waals surface area contributed by atoms with Crippen molar-refractivity contribution in [2.45, 2.75) is 31.1 Å². The molecule has 1 aliphatic rings. The molecule has 1 saturated carbocycles. The van der Waals surface area contributed by atoms with Crippen LogP contribution in [0.15, 0.2) is 18.6 Å². The van der Waals surface area contributed by atoms with Crippen LogP contribution in [0, 0.1) is 0 Å². The molecule has 0 spiro atoms. The van der Waals surface area contributed by atoms with Gasteiger partial charge in [-0.05, 0) is 18.9 Å². The van der Waals surface area contributed by atoms with Crippen LogP contribution >= 0.6 is 0 Å². The maximum absolute atomic E-state index is 12.5. The fourth-order valence-electron chi connectivity index (χ4n) is 1.37. The van der Waals surface area contributed by atoms with Crippen molar-refractivity contribution in [1.29, 1.82) is 0 Å². The standard InChI is InChI=1S/C9H10F3N3/c10-9(11,12)8(2-3-8)15-5-7-1-4-13-6-14-7/h1,4,6,15H,2-3,5H2. The van der Waals surface area contributed by atoms with Crippen molar-refractivity contribution >= 4 is 0 Å². The second-order valence-electron chi connectivity index (χ2n) is 3.63. The van der Waals surface area contributed by atoms with Crippen LogP contribution in [0.3, 0.4) is 0 Å². The molecule has 0 atom stereocenters. The van der Waals surface area contributed by atoms with E-state index < -0.39 is 11.7 Å². The van der Waals surface area contributed by atoms with E-state index in [1.54, 1.807) is 6.07 Å². The first-order valence-electron chi connectivity index (χ1n) is 4.60. The lowest BCUT2D eigenvalue weighted by Crippen LogP contribution is -2.44. The number of alkyl halides is 3. The molecule has 0 amide bonds. The van der Waals surface area contributed by atoms with E-state index in [0.717, 1.165) is 0 Å². The average molecular weight is 217 g/mol. The summed E-state index contributed by atoms with van der Waals surface area (Å²) in [7, 11) is 0. The van der Waals surface area contributed by atoms with Crippen LogP contribution in [-0.4, -0.2) is 21.7 Å². The molecule has 0 saturated heterocycles. The largest absolute Gasteiger partial charge is 0.406 e. The maximum atomic E-state index is 12.5. The molecule has 1 heterocycles. The predicted molar refractivity (Wildman–Crippen MR) is 46.9 cm³/mol. The molecule has 0 aliphatic heterocycles. The molecule has 0 radical (unpaired) electrons. The first kappa shape index (κ1) is 10.4. The molecule has 1 fully saturated rings. The summed E-state index contributed by atoms with van der Waals surface area (Å²) in [4.78, 5) is 7.54. The van der Waals surface area contributed by atoms with E-state index in [9.17, 15) is 13.2 Å². The minimum absolute atomic E-state index is 0.127. The Hall–Kier alpha value is -1.17. The van der Waals surface area contributed by atoms with Crippen molar-refractivity contribution in [2.24, 2.45) is 0 Å². The lowest BCUT2D eigenvalue weighted by molar-refractivity contribution is -0.166. The van der Waals surface area contributed by atoms with Gasteiger partial charge in [-0.1, -0.05) is 0 Å². The molecule has 1 aliphatic carbocycles. The van der Waals surface area contributed by atoms with Gasteiger partial charge in [0.15, 0.2) is 0 Å². The van der Waals surface area contributed by atoms with Gasteiger partial charge in [-0.3, -0.25) is 5.32 Å². The fourth-order valence-corrected chi connectivity index (χ4v) is 1.37. The van der Waals surface area contributed by atoms with Crippen LogP contribution < -0.4 is 5.32 Å². The van der Waals surface area contributed by atoms with E-state index in [2.05, 4.69) is 15.3 Å². The monoisotopic (exact) mass is 217 g/mol. The van der Waals surface area contributed by atoms with E-state index in [1.807, 2.05) is 0 Å². The number of aromatic nitrogens is 2. The molecule has 15 heavy (non-hydrogen) atoms. The molecule has 6 heteroatoms. The second-order valence-corrected chi connectivity index (χ2v) is 3.63. The summed E-state index contributed by atoms with van der Waals surface area (Å²) in [6, 6.07) is 1.60. The van der Waals surface area contributed by atoms with E-state index in [1.165, 1.54) is 12.5 Å². The molecule has 1 aromatic rings. The summed E-state index contributed by atoms with van der Waals surface area (Å²) in [6.07, 6.45) is -1.02. The second kappa shape index (κ2) is 3.44. The van der Waals surface area contributed by atoms with Crippen molar-refractivity contribution in [2.75, 3.05) is 0 Å². The van der Waals surface area contributed by atoms with Gasteiger partial charge in [0.1, 0.15) is 11.9 Å². The normalized spacial score (nSPS) is 18.9. The lowest BCUT2D eigenvalue weighted by atomic mass is 10.2. The summed E-state index contributed by atoms with van der Waals surface area (Å²) in [5.74, 6) is 0. The Morgan fingerprint density at radius 1 is 1.40 bits per heavy atom. The average Bonchev–Trinajstić information content (AvgIpc) is 2.96. The molecule has 3 nitrogen and oxygen atoms in total. The molecule has 0 unspecified atom stereocenters. The van der Waals surface area contributed by atoms with Gasteiger partial charge in [0.25, 0.3) is 0 Å². The lowest BCUT2D eigenvalue weighted by Gasteiger charge is -2.20. The van der Waals surface area contributed by atoms with Crippen LogP contribution in [0.25, 0.3) is 0 Å². The van der Waals surface area contributed by atoms with Gasteiger partial charge in [0.05, 0.1) is 5.69 Å². The highest BCUT2D eigenvalue weighted by Gasteiger charge is 2.62. The Balaban J connectivity index is 1.95. The van der Waals surface area contributed by atoms with Gasteiger partial charge < -0.3 is 0 Å². The third-order valence-electron chi connectivity index (χ3n) is 2.54. The van der Waals surface area contributed by atoms with Crippen LogP contribution in [-0.2, 0) is 6.54 Å². The molecule has 1 aromatic heterocycles. The molecule has 0 aromatic carbocycles. The smallest absolute Gasteiger partial charge is 0.298 e. The Bertz CT molecular complexity index is 332. The van der Waals surface area contributed by atoms with Gasteiger partial charge in [0, 0.05) is 12.7 Å². The highest BCUT2D eigenvalue weighted by molar-refractivity contribution is 5.09. The molecule has 2 rings (SSSR count). The summed E-state index contributed by atoms with van der Waals surface area (Å²) in [5.41, 5.74) is -1.10. The van der Waals surface area contributed by atoms with Gasteiger partial charge >= 0.3 is 6.18 Å². The van der Waals surface area contributed by atoms with Gasteiger partial charge in [-0.2, -0.15) is 13.2 Å². The third kappa shape index (κ3) is 2.09. The van der Waals surface area contributed by atoms with Crippen molar-refractivity contribution < 1.29 is 13.2 Å². The first-order chi connectivity index (χ1) is 7.04. The zero-order valence-corrected chi connectivity index (χ0v) is 7.88. The Labute approximate surface area is 84.7 Å². The van der Waals surface area contributed by atoms with E-state index >= 15 is 0 Å². The minimum Gasteiger partial charge on any atom is -0.298 e. The Morgan fingerprint density at radius 2 is 2.13 bits per heavy atom. The van der Waals surface area contributed by atoms with Gasteiger partial charge in [-0.25, -0.2) is 9.97 Å². The van der Waals surface area contributed by atoms with Crippen LogP contribution in [0.1, 0.15) is 18.5 Å². The Morgan fingerprint density at radius 3 is 2.60 bits per heavy atom. The topological polar surface area (TPSA) is 37.8 Å². The zero-order valence-electron chi connectivity index (χ0n) is 7.88.